The Morgan fingerprint density at radius 3 is 2.71 bits per heavy atom. The number of rotatable bonds is 3. The van der Waals surface area contributed by atoms with E-state index in [1.54, 1.807) is 30.6 Å². The Morgan fingerprint density at radius 1 is 1.14 bits per heavy atom. The lowest BCUT2D eigenvalue weighted by atomic mass is 10.0. The van der Waals surface area contributed by atoms with Gasteiger partial charge in [-0.25, -0.2) is 4.98 Å². The first kappa shape index (κ1) is 18.4. The van der Waals surface area contributed by atoms with E-state index in [1.807, 2.05) is 4.90 Å². The van der Waals surface area contributed by atoms with Crippen LogP contribution in [0.2, 0.25) is 0 Å². The SMILES string of the molecule is O=c1[nH]c(-c2cccnc2)nc2c1CN(Cc1ccccc1C(F)(F)F)CC2. The Labute approximate surface area is 158 Å². The van der Waals surface area contributed by atoms with Gasteiger partial charge >= 0.3 is 6.18 Å². The van der Waals surface area contributed by atoms with Crippen molar-refractivity contribution >= 4 is 0 Å². The number of aromatic nitrogens is 3. The van der Waals surface area contributed by atoms with Crippen molar-refractivity contribution in [2.75, 3.05) is 6.54 Å². The molecule has 1 aromatic carbocycles. The largest absolute Gasteiger partial charge is 0.416 e. The summed E-state index contributed by atoms with van der Waals surface area (Å²) in [5.41, 5.74) is 1.20. The fourth-order valence-electron chi connectivity index (χ4n) is 3.43. The Morgan fingerprint density at radius 2 is 1.96 bits per heavy atom. The molecule has 0 bridgehead atoms. The number of H-pyrrole nitrogens is 1. The molecule has 0 spiro atoms. The summed E-state index contributed by atoms with van der Waals surface area (Å²) in [6.07, 6.45) is -0.646. The third-order valence-electron chi connectivity index (χ3n) is 4.80. The van der Waals surface area contributed by atoms with Crippen LogP contribution >= 0.6 is 0 Å². The van der Waals surface area contributed by atoms with Gasteiger partial charge in [-0.1, -0.05) is 18.2 Å². The van der Waals surface area contributed by atoms with Gasteiger partial charge in [0.15, 0.2) is 0 Å². The lowest BCUT2D eigenvalue weighted by molar-refractivity contribution is -0.138. The quantitative estimate of drug-likeness (QED) is 0.749. The van der Waals surface area contributed by atoms with Crippen LogP contribution in [-0.2, 0) is 25.7 Å². The van der Waals surface area contributed by atoms with Gasteiger partial charge in [-0.05, 0) is 23.8 Å². The minimum absolute atomic E-state index is 0.124. The molecule has 2 aromatic heterocycles. The summed E-state index contributed by atoms with van der Waals surface area (Å²) in [6.45, 7) is 0.915. The van der Waals surface area contributed by atoms with Gasteiger partial charge in [-0.2, -0.15) is 13.2 Å². The Kier molecular flexibility index (Phi) is 4.72. The molecular weight excluding hydrogens is 369 g/mol. The number of benzene rings is 1. The molecule has 144 valence electrons. The van der Waals surface area contributed by atoms with Gasteiger partial charge in [0, 0.05) is 44.0 Å². The van der Waals surface area contributed by atoms with E-state index in [4.69, 9.17) is 0 Å². The van der Waals surface area contributed by atoms with Gasteiger partial charge in [0.2, 0.25) is 0 Å². The zero-order valence-electron chi connectivity index (χ0n) is 14.8. The second kappa shape index (κ2) is 7.20. The van der Waals surface area contributed by atoms with E-state index >= 15 is 0 Å². The highest BCUT2D eigenvalue weighted by Gasteiger charge is 2.33. The molecule has 0 amide bonds. The summed E-state index contributed by atoms with van der Waals surface area (Å²) in [7, 11) is 0. The molecule has 3 aromatic rings. The third-order valence-corrected chi connectivity index (χ3v) is 4.80. The van der Waals surface area contributed by atoms with Crippen LogP contribution in [0.4, 0.5) is 13.2 Å². The smallest absolute Gasteiger partial charge is 0.306 e. The summed E-state index contributed by atoms with van der Waals surface area (Å²) in [5.74, 6) is 0.452. The van der Waals surface area contributed by atoms with Crippen LogP contribution < -0.4 is 5.56 Å². The van der Waals surface area contributed by atoms with E-state index in [2.05, 4.69) is 15.0 Å². The van der Waals surface area contributed by atoms with Gasteiger partial charge in [0.05, 0.1) is 16.8 Å². The van der Waals surface area contributed by atoms with E-state index < -0.39 is 11.7 Å². The van der Waals surface area contributed by atoms with E-state index in [-0.39, 0.29) is 24.2 Å². The van der Waals surface area contributed by atoms with Crippen LogP contribution in [-0.4, -0.2) is 26.4 Å². The molecule has 0 unspecified atom stereocenters. The van der Waals surface area contributed by atoms with Crippen molar-refractivity contribution in [2.24, 2.45) is 0 Å². The summed E-state index contributed by atoms with van der Waals surface area (Å²) in [5, 5.41) is 0. The average molecular weight is 386 g/mol. The van der Waals surface area contributed by atoms with Gasteiger partial charge in [0.25, 0.3) is 5.56 Å². The zero-order valence-corrected chi connectivity index (χ0v) is 14.8. The summed E-state index contributed by atoms with van der Waals surface area (Å²) in [4.78, 5) is 25.7. The van der Waals surface area contributed by atoms with Gasteiger partial charge < -0.3 is 4.98 Å². The monoisotopic (exact) mass is 386 g/mol. The van der Waals surface area contributed by atoms with Crippen molar-refractivity contribution in [2.45, 2.75) is 25.7 Å². The number of halogens is 3. The van der Waals surface area contributed by atoms with E-state index in [9.17, 15) is 18.0 Å². The van der Waals surface area contributed by atoms with Crippen molar-refractivity contribution in [3.05, 3.63) is 81.5 Å². The fraction of sp³-hybridized carbons (Fsp3) is 0.250. The first-order valence-corrected chi connectivity index (χ1v) is 8.82. The molecule has 4 rings (SSSR count). The van der Waals surface area contributed by atoms with E-state index in [1.165, 1.54) is 12.1 Å². The maximum atomic E-state index is 13.2. The van der Waals surface area contributed by atoms with Crippen LogP contribution in [0, 0.1) is 0 Å². The molecular formula is C20H17F3N4O. The number of alkyl halides is 3. The van der Waals surface area contributed by atoms with Crippen molar-refractivity contribution in [3.8, 4) is 11.4 Å². The molecule has 0 atom stereocenters. The number of fused-ring (bicyclic) bond motifs is 1. The van der Waals surface area contributed by atoms with Gasteiger partial charge in [-0.15, -0.1) is 0 Å². The first-order chi connectivity index (χ1) is 13.4. The molecule has 8 heteroatoms. The lowest BCUT2D eigenvalue weighted by Crippen LogP contribution is -2.35. The number of pyridine rings is 1. The summed E-state index contributed by atoms with van der Waals surface area (Å²) < 4.78 is 39.7. The van der Waals surface area contributed by atoms with Gasteiger partial charge in [-0.3, -0.25) is 14.7 Å². The van der Waals surface area contributed by atoms with Crippen LogP contribution in [0.1, 0.15) is 22.4 Å². The first-order valence-electron chi connectivity index (χ1n) is 8.82. The number of nitrogens with one attached hydrogen (secondary N) is 1. The Bertz CT molecular complexity index is 1050. The molecule has 0 radical (unpaired) electrons. The van der Waals surface area contributed by atoms with Crippen LogP contribution in [0.3, 0.4) is 0 Å². The number of hydrogen-bond acceptors (Lipinski definition) is 4. The topological polar surface area (TPSA) is 61.9 Å². The highest BCUT2D eigenvalue weighted by atomic mass is 19.4. The summed E-state index contributed by atoms with van der Waals surface area (Å²) >= 11 is 0. The van der Waals surface area contributed by atoms with E-state index in [0.29, 0.717) is 35.6 Å². The molecule has 5 nitrogen and oxygen atoms in total. The minimum Gasteiger partial charge on any atom is -0.306 e. The van der Waals surface area contributed by atoms with E-state index in [0.717, 1.165) is 6.07 Å². The standard InChI is InChI=1S/C20H17F3N4O/c21-20(22,23)16-6-2-1-4-14(16)11-27-9-7-17-15(12-27)19(28)26-18(25-17)13-5-3-8-24-10-13/h1-6,8,10H,7,9,11-12H2,(H,25,26,28). The summed E-state index contributed by atoms with van der Waals surface area (Å²) in [6, 6.07) is 9.10. The maximum absolute atomic E-state index is 13.2. The third kappa shape index (κ3) is 3.68. The normalized spacial score (nSPS) is 14.7. The highest BCUT2D eigenvalue weighted by molar-refractivity contribution is 5.53. The molecule has 3 heterocycles. The molecule has 0 aliphatic carbocycles. The molecule has 1 N–H and O–H groups in total. The minimum atomic E-state index is -4.40. The number of hydrogen-bond donors (Lipinski definition) is 1. The lowest BCUT2D eigenvalue weighted by Gasteiger charge is -2.28. The zero-order chi connectivity index (χ0) is 19.7. The van der Waals surface area contributed by atoms with Crippen molar-refractivity contribution in [1.82, 2.24) is 19.9 Å². The van der Waals surface area contributed by atoms with Crippen molar-refractivity contribution in [3.63, 3.8) is 0 Å². The Hall–Kier alpha value is -3.00. The molecule has 0 saturated heterocycles. The molecule has 0 saturated carbocycles. The molecule has 1 aliphatic heterocycles. The molecule has 1 aliphatic rings. The second-order valence-electron chi connectivity index (χ2n) is 6.70. The van der Waals surface area contributed by atoms with Crippen molar-refractivity contribution < 1.29 is 13.2 Å². The average Bonchev–Trinajstić information content (AvgIpc) is 2.68. The van der Waals surface area contributed by atoms with Crippen LogP contribution in [0.15, 0.2) is 53.6 Å². The fourth-order valence-corrected chi connectivity index (χ4v) is 3.43. The maximum Gasteiger partial charge on any atom is 0.416 e. The second-order valence-corrected chi connectivity index (χ2v) is 6.70. The molecule has 28 heavy (non-hydrogen) atoms. The van der Waals surface area contributed by atoms with Crippen molar-refractivity contribution in [1.29, 1.82) is 0 Å². The van der Waals surface area contributed by atoms with Crippen LogP contribution in [0.5, 0.6) is 0 Å². The predicted molar refractivity (Wildman–Crippen MR) is 97.4 cm³/mol. The number of nitrogens with zero attached hydrogens (tertiary/aromatic N) is 3. The molecule has 0 fully saturated rings. The Balaban J connectivity index is 1.59. The number of aromatic amines is 1. The highest BCUT2D eigenvalue weighted by Crippen LogP contribution is 2.33. The van der Waals surface area contributed by atoms with Gasteiger partial charge in [0.1, 0.15) is 5.82 Å². The van der Waals surface area contributed by atoms with Crippen LogP contribution in [0.25, 0.3) is 11.4 Å². The predicted octanol–water partition coefficient (Wildman–Crippen LogP) is 3.41.